The lowest BCUT2D eigenvalue weighted by Gasteiger charge is -2.08. The standard InChI is InChI=1S/C14H12Cl2N4O/c1-19-13-10(7-18-19)14(21)20(8-17-13)6-5-9-3-2-4-11(15)12(9)16/h2-4,7-8H,5-6H2,1H3. The van der Waals surface area contributed by atoms with E-state index in [0.717, 1.165) is 5.56 Å². The van der Waals surface area contributed by atoms with Gasteiger partial charge in [0.25, 0.3) is 5.56 Å². The maximum atomic E-state index is 12.3. The zero-order valence-corrected chi connectivity index (χ0v) is 12.8. The fourth-order valence-electron chi connectivity index (χ4n) is 2.21. The van der Waals surface area contributed by atoms with Gasteiger partial charge in [0.05, 0.1) is 22.6 Å². The molecule has 5 nitrogen and oxygen atoms in total. The van der Waals surface area contributed by atoms with Gasteiger partial charge in [0, 0.05) is 13.6 Å². The molecule has 0 amide bonds. The third-order valence-electron chi connectivity index (χ3n) is 3.37. The summed E-state index contributed by atoms with van der Waals surface area (Å²) in [6, 6.07) is 5.48. The lowest BCUT2D eigenvalue weighted by molar-refractivity contribution is 0.660. The minimum atomic E-state index is -0.105. The van der Waals surface area contributed by atoms with Gasteiger partial charge in [-0.3, -0.25) is 14.0 Å². The zero-order valence-electron chi connectivity index (χ0n) is 11.3. The van der Waals surface area contributed by atoms with E-state index in [1.807, 2.05) is 12.1 Å². The Morgan fingerprint density at radius 3 is 2.90 bits per heavy atom. The molecule has 0 N–H and O–H groups in total. The second-order valence-corrected chi connectivity index (χ2v) is 5.50. The molecule has 0 aliphatic heterocycles. The van der Waals surface area contributed by atoms with Crippen LogP contribution in [0.15, 0.2) is 35.5 Å². The van der Waals surface area contributed by atoms with Crippen molar-refractivity contribution in [2.24, 2.45) is 7.05 Å². The lowest BCUT2D eigenvalue weighted by Crippen LogP contribution is -2.21. The topological polar surface area (TPSA) is 52.7 Å². The van der Waals surface area contributed by atoms with Crippen LogP contribution in [0.4, 0.5) is 0 Å². The van der Waals surface area contributed by atoms with Gasteiger partial charge in [-0.1, -0.05) is 35.3 Å². The third kappa shape index (κ3) is 2.54. The van der Waals surface area contributed by atoms with Gasteiger partial charge < -0.3 is 0 Å². The molecule has 0 fully saturated rings. The lowest BCUT2D eigenvalue weighted by atomic mass is 10.1. The van der Waals surface area contributed by atoms with Crippen molar-refractivity contribution in [2.75, 3.05) is 0 Å². The molecular formula is C14H12Cl2N4O. The van der Waals surface area contributed by atoms with Crippen molar-refractivity contribution < 1.29 is 0 Å². The summed E-state index contributed by atoms with van der Waals surface area (Å²) in [6.07, 6.45) is 3.67. The van der Waals surface area contributed by atoms with Gasteiger partial charge in [-0.15, -0.1) is 0 Å². The normalized spacial score (nSPS) is 11.2. The van der Waals surface area contributed by atoms with E-state index in [-0.39, 0.29) is 5.56 Å². The molecule has 21 heavy (non-hydrogen) atoms. The fourth-order valence-corrected chi connectivity index (χ4v) is 2.62. The second-order valence-electron chi connectivity index (χ2n) is 4.71. The number of nitrogens with zero attached hydrogens (tertiary/aromatic N) is 4. The Morgan fingerprint density at radius 1 is 1.29 bits per heavy atom. The average molecular weight is 323 g/mol. The number of aryl methyl sites for hydroxylation is 3. The minimum Gasteiger partial charge on any atom is -0.298 e. The van der Waals surface area contributed by atoms with Crippen LogP contribution in [-0.4, -0.2) is 19.3 Å². The van der Waals surface area contributed by atoms with Gasteiger partial charge in [0.1, 0.15) is 5.39 Å². The van der Waals surface area contributed by atoms with Crippen LogP contribution in [-0.2, 0) is 20.0 Å². The van der Waals surface area contributed by atoms with E-state index >= 15 is 0 Å². The van der Waals surface area contributed by atoms with Crippen molar-refractivity contribution >= 4 is 34.2 Å². The molecule has 3 rings (SSSR count). The number of benzene rings is 1. The van der Waals surface area contributed by atoms with E-state index in [4.69, 9.17) is 23.2 Å². The Balaban J connectivity index is 1.90. The van der Waals surface area contributed by atoms with Gasteiger partial charge in [-0.2, -0.15) is 5.10 Å². The summed E-state index contributed by atoms with van der Waals surface area (Å²) in [5, 5.41) is 5.60. The van der Waals surface area contributed by atoms with E-state index in [1.54, 1.807) is 22.4 Å². The molecule has 0 unspecified atom stereocenters. The van der Waals surface area contributed by atoms with Gasteiger partial charge in [-0.05, 0) is 18.1 Å². The number of rotatable bonds is 3. The molecule has 7 heteroatoms. The molecule has 0 aliphatic carbocycles. The van der Waals surface area contributed by atoms with Crippen LogP contribution in [0.25, 0.3) is 11.0 Å². The van der Waals surface area contributed by atoms with Gasteiger partial charge >= 0.3 is 0 Å². The molecule has 1 aromatic carbocycles. The molecule has 2 heterocycles. The second kappa shape index (κ2) is 5.50. The maximum Gasteiger partial charge on any atom is 0.264 e. The molecule has 0 saturated carbocycles. The van der Waals surface area contributed by atoms with Crippen LogP contribution in [0.1, 0.15) is 5.56 Å². The summed E-state index contributed by atoms with van der Waals surface area (Å²) in [5.74, 6) is 0. The number of aromatic nitrogens is 4. The van der Waals surface area contributed by atoms with Crippen LogP contribution in [0.3, 0.4) is 0 Å². The van der Waals surface area contributed by atoms with Crippen molar-refractivity contribution in [3.05, 3.63) is 56.7 Å². The molecule has 0 aliphatic rings. The first-order chi connectivity index (χ1) is 10.1. The highest BCUT2D eigenvalue weighted by atomic mass is 35.5. The first-order valence-electron chi connectivity index (χ1n) is 6.38. The summed E-state index contributed by atoms with van der Waals surface area (Å²) < 4.78 is 3.14. The maximum absolute atomic E-state index is 12.3. The molecule has 0 spiro atoms. The molecular weight excluding hydrogens is 311 g/mol. The first kappa shape index (κ1) is 14.1. The summed E-state index contributed by atoms with van der Waals surface area (Å²) in [6.45, 7) is 0.483. The first-order valence-corrected chi connectivity index (χ1v) is 7.13. The van der Waals surface area contributed by atoms with Crippen LogP contribution < -0.4 is 5.56 Å². The molecule has 3 aromatic rings. The van der Waals surface area contributed by atoms with Gasteiger partial charge in [-0.25, -0.2) is 4.98 Å². The highest BCUT2D eigenvalue weighted by molar-refractivity contribution is 6.42. The van der Waals surface area contributed by atoms with E-state index in [1.165, 1.54) is 12.5 Å². The van der Waals surface area contributed by atoms with Crippen LogP contribution >= 0.6 is 23.2 Å². The van der Waals surface area contributed by atoms with Gasteiger partial charge in [0.15, 0.2) is 5.65 Å². The zero-order chi connectivity index (χ0) is 15.0. The number of hydrogen-bond donors (Lipinski definition) is 0. The number of fused-ring (bicyclic) bond motifs is 1. The summed E-state index contributed by atoms with van der Waals surface area (Å²) in [7, 11) is 1.75. The summed E-state index contributed by atoms with van der Waals surface area (Å²) in [4.78, 5) is 16.6. The molecule has 0 saturated heterocycles. The molecule has 0 atom stereocenters. The Labute approximate surface area is 130 Å². The molecule has 0 radical (unpaired) electrons. The predicted octanol–water partition coefficient (Wildman–Crippen LogP) is 2.68. The smallest absolute Gasteiger partial charge is 0.264 e. The van der Waals surface area contributed by atoms with Crippen LogP contribution in [0.2, 0.25) is 10.0 Å². The Morgan fingerprint density at radius 2 is 2.10 bits per heavy atom. The van der Waals surface area contributed by atoms with E-state index < -0.39 is 0 Å². The average Bonchev–Trinajstić information content (AvgIpc) is 2.85. The highest BCUT2D eigenvalue weighted by Gasteiger charge is 2.09. The van der Waals surface area contributed by atoms with Gasteiger partial charge in [0.2, 0.25) is 0 Å². The van der Waals surface area contributed by atoms with Crippen molar-refractivity contribution in [1.82, 2.24) is 19.3 Å². The monoisotopic (exact) mass is 322 g/mol. The number of hydrogen-bond acceptors (Lipinski definition) is 3. The largest absolute Gasteiger partial charge is 0.298 e. The van der Waals surface area contributed by atoms with Crippen LogP contribution in [0, 0.1) is 0 Å². The molecule has 108 valence electrons. The van der Waals surface area contributed by atoms with E-state index in [0.29, 0.717) is 34.0 Å². The van der Waals surface area contributed by atoms with E-state index in [9.17, 15) is 4.79 Å². The predicted molar refractivity (Wildman–Crippen MR) is 82.9 cm³/mol. The van der Waals surface area contributed by atoms with Crippen molar-refractivity contribution in [3.8, 4) is 0 Å². The third-order valence-corrected chi connectivity index (χ3v) is 4.23. The quantitative estimate of drug-likeness (QED) is 0.745. The van der Waals surface area contributed by atoms with Crippen molar-refractivity contribution in [3.63, 3.8) is 0 Å². The Hall–Kier alpha value is -1.85. The van der Waals surface area contributed by atoms with E-state index in [2.05, 4.69) is 10.1 Å². The fraction of sp³-hybridized carbons (Fsp3) is 0.214. The Bertz CT molecular complexity index is 869. The summed E-state index contributed by atoms with van der Waals surface area (Å²) >= 11 is 12.1. The Kier molecular flexibility index (Phi) is 3.69. The minimum absolute atomic E-state index is 0.105. The van der Waals surface area contributed by atoms with Crippen molar-refractivity contribution in [1.29, 1.82) is 0 Å². The summed E-state index contributed by atoms with van der Waals surface area (Å²) in [5.41, 5.74) is 1.38. The molecule has 2 aromatic heterocycles. The van der Waals surface area contributed by atoms with Crippen LogP contribution in [0.5, 0.6) is 0 Å². The van der Waals surface area contributed by atoms with Crippen molar-refractivity contribution in [2.45, 2.75) is 13.0 Å². The molecule has 0 bridgehead atoms. The number of halogens is 2. The highest BCUT2D eigenvalue weighted by Crippen LogP contribution is 2.25. The SMILES string of the molecule is Cn1ncc2c(=O)n(CCc3cccc(Cl)c3Cl)cnc21.